The van der Waals surface area contributed by atoms with E-state index < -0.39 is 5.82 Å². The largest absolute Gasteiger partial charge is 0.496 e. The zero-order chi connectivity index (χ0) is 24.5. The smallest absolute Gasteiger partial charge is 0.251 e. The molecule has 0 radical (unpaired) electrons. The van der Waals surface area contributed by atoms with Crippen molar-refractivity contribution in [2.45, 2.75) is 26.7 Å². The van der Waals surface area contributed by atoms with E-state index in [1.54, 1.807) is 31.4 Å². The van der Waals surface area contributed by atoms with E-state index in [9.17, 15) is 9.18 Å². The third-order valence-electron chi connectivity index (χ3n) is 4.89. The van der Waals surface area contributed by atoms with Crippen molar-refractivity contribution in [2.24, 2.45) is 0 Å². The van der Waals surface area contributed by atoms with Gasteiger partial charge in [0.1, 0.15) is 17.9 Å². The maximum atomic E-state index is 14.1. The fraction of sp³-hybridized carbons (Fsp3) is 0.292. The van der Waals surface area contributed by atoms with E-state index in [1.807, 2.05) is 13.8 Å². The van der Waals surface area contributed by atoms with Crippen LogP contribution in [0.2, 0.25) is 0 Å². The highest BCUT2D eigenvalue weighted by molar-refractivity contribution is 5.99. The number of H-pyrrole nitrogens is 1. The molecule has 0 unspecified atom stereocenters. The Morgan fingerprint density at radius 3 is 2.62 bits per heavy atom. The monoisotopic (exact) mass is 466 g/mol. The van der Waals surface area contributed by atoms with Gasteiger partial charge in [-0.3, -0.25) is 9.89 Å². The van der Waals surface area contributed by atoms with Gasteiger partial charge in [0, 0.05) is 41.7 Å². The molecular formula is C24H27FN6O3. The van der Waals surface area contributed by atoms with Gasteiger partial charge in [-0.25, -0.2) is 19.3 Å². The molecule has 0 saturated carbocycles. The van der Waals surface area contributed by atoms with Crippen LogP contribution in [0.5, 0.6) is 11.6 Å². The number of halogens is 1. The van der Waals surface area contributed by atoms with Crippen molar-refractivity contribution < 1.29 is 18.7 Å². The first-order valence-corrected chi connectivity index (χ1v) is 10.9. The number of rotatable bonds is 8. The van der Waals surface area contributed by atoms with E-state index >= 15 is 0 Å². The van der Waals surface area contributed by atoms with Gasteiger partial charge in [0.2, 0.25) is 5.88 Å². The predicted octanol–water partition coefficient (Wildman–Crippen LogP) is 3.96. The number of amides is 1. The van der Waals surface area contributed by atoms with Crippen LogP contribution in [0.25, 0.3) is 22.2 Å². The number of aromatic amines is 1. The third kappa shape index (κ3) is 5.64. The SMILES string of the molecule is CC.COc1ncc(-c2cc(OC)c3ccc(C(=O)NCCCc4ncn[nH]4)cc3n2)cc1F. The number of pyridine rings is 2. The van der Waals surface area contributed by atoms with E-state index in [2.05, 4.69) is 30.5 Å². The maximum absolute atomic E-state index is 14.1. The van der Waals surface area contributed by atoms with Crippen LogP contribution in [0.15, 0.2) is 42.9 Å². The number of hydrogen-bond donors (Lipinski definition) is 2. The van der Waals surface area contributed by atoms with E-state index in [4.69, 9.17) is 9.47 Å². The first-order valence-electron chi connectivity index (χ1n) is 10.9. The summed E-state index contributed by atoms with van der Waals surface area (Å²) >= 11 is 0. The molecule has 9 nitrogen and oxygen atoms in total. The number of nitrogens with zero attached hydrogens (tertiary/aromatic N) is 4. The molecule has 4 aromatic rings. The van der Waals surface area contributed by atoms with Gasteiger partial charge < -0.3 is 14.8 Å². The van der Waals surface area contributed by atoms with Crippen LogP contribution >= 0.6 is 0 Å². The summed E-state index contributed by atoms with van der Waals surface area (Å²) in [6.45, 7) is 4.49. The molecule has 0 bridgehead atoms. The molecule has 0 aliphatic heterocycles. The number of hydrogen-bond acceptors (Lipinski definition) is 7. The summed E-state index contributed by atoms with van der Waals surface area (Å²) in [5.41, 5.74) is 1.94. The molecule has 178 valence electrons. The molecule has 1 amide bonds. The molecule has 0 aliphatic rings. The molecule has 0 atom stereocenters. The first-order chi connectivity index (χ1) is 16.6. The lowest BCUT2D eigenvalue weighted by Crippen LogP contribution is -2.24. The molecule has 0 fully saturated rings. The minimum Gasteiger partial charge on any atom is -0.496 e. The number of nitrogens with one attached hydrogen (secondary N) is 2. The fourth-order valence-electron chi connectivity index (χ4n) is 3.28. The van der Waals surface area contributed by atoms with Crippen LogP contribution in [-0.4, -0.2) is 51.8 Å². The molecule has 34 heavy (non-hydrogen) atoms. The van der Waals surface area contributed by atoms with Crippen LogP contribution in [0, 0.1) is 5.82 Å². The number of aromatic nitrogens is 5. The molecule has 4 rings (SSSR count). The second-order valence-corrected chi connectivity index (χ2v) is 6.95. The van der Waals surface area contributed by atoms with E-state index in [0.29, 0.717) is 41.1 Å². The summed E-state index contributed by atoms with van der Waals surface area (Å²) in [7, 11) is 2.89. The predicted molar refractivity (Wildman–Crippen MR) is 126 cm³/mol. The summed E-state index contributed by atoms with van der Waals surface area (Å²) in [5, 5.41) is 10.2. The highest BCUT2D eigenvalue weighted by atomic mass is 19.1. The topological polar surface area (TPSA) is 115 Å². The highest BCUT2D eigenvalue weighted by Gasteiger charge is 2.14. The molecule has 1 aromatic carbocycles. The minimum absolute atomic E-state index is 0.0937. The standard InChI is InChI=1S/C22H21FN6O3.C2H6/c1-31-19-10-17(14-8-16(23)22(32-2)25-11-14)28-18-9-13(5-6-15(18)19)21(30)24-7-3-4-20-26-12-27-29-20;1-2/h5-6,8-12H,3-4,7H2,1-2H3,(H,24,30)(H,26,27,29);1-2H3. The minimum atomic E-state index is -0.593. The first kappa shape index (κ1) is 24.6. The quantitative estimate of drug-likeness (QED) is 0.378. The fourth-order valence-corrected chi connectivity index (χ4v) is 3.28. The van der Waals surface area contributed by atoms with Gasteiger partial charge in [0.25, 0.3) is 5.91 Å². The van der Waals surface area contributed by atoms with Gasteiger partial charge >= 0.3 is 0 Å². The lowest BCUT2D eigenvalue weighted by atomic mass is 10.1. The van der Waals surface area contributed by atoms with Gasteiger partial charge in [0.15, 0.2) is 5.82 Å². The molecule has 0 spiro atoms. The van der Waals surface area contributed by atoms with Crippen molar-refractivity contribution in [2.75, 3.05) is 20.8 Å². The van der Waals surface area contributed by atoms with Crippen molar-refractivity contribution in [3.05, 3.63) is 60.1 Å². The van der Waals surface area contributed by atoms with Gasteiger partial charge in [-0.05, 0) is 30.7 Å². The van der Waals surface area contributed by atoms with E-state index in [1.165, 1.54) is 25.7 Å². The number of ether oxygens (including phenoxy) is 2. The number of fused-ring (bicyclic) bond motifs is 1. The van der Waals surface area contributed by atoms with Gasteiger partial charge in [-0.2, -0.15) is 5.10 Å². The number of methoxy groups -OCH3 is 2. The summed E-state index contributed by atoms with van der Waals surface area (Å²) in [5.74, 6) is 0.430. The molecule has 0 saturated heterocycles. The van der Waals surface area contributed by atoms with Crippen LogP contribution in [0.4, 0.5) is 4.39 Å². The van der Waals surface area contributed by atoms with Crippen molar-refractivity contribution >= 4 is 16.8 Å². The number of benzene rings is 1. The normalized spacial score (nSPS) is 10.4. The Bertz CT molecular complexity index is 1250. The number of carbonyl (C=O) groups is 1. The summed E-state index contributed by atoms with van der Waals surface area (Å²) in [4.78, 5) is 25.2. The lowest BCUT2D eigenvalue weighted by Gasteiger charge is -2.11. The Balaban J connectivity index is 0.00000158. The van der Waals surface area contributed by atoms with E-state index in [-0.39, 0.29) is 11.8 Å². The van der Waals surface area contributed by atoms with Crippen LogP contribution in [0.1, 0.15) is 36.5 Å². The molecular weight excluding hydrogens is 439 g/mol. The van der Waals surface area contributed by atoms with Gasteiger partial charge in [-0.15, -0.1) is 0 Å². The van der Waals surface area contributed by atoms with Crippen molar-refractivity contribution in [3.63, 3.8) is 0 Å². The van der Waals surface area contributed by atoms with Crippen LogP contribution in [-0.2, 0) is 6.42 Å². The summed E-state index contributed by atoms with van der Waals surface area (Å²) in [6, 6.07) is 8.17. The third-order valence-corrected chi connectivity index (χ3v) is 4.89. The molecule has 2 N–H and O–H groups in total. The maximum Gasteiger partial charge on any atom is 0.251 e. The zero-order valence-corrected chi connectivity index (χ0v) is 19.6. The molecule has 0 aliphatic carbocycles. The van der Waals surface area contributed by atoms with Gasteiger partial charge in [0.05, 0.1) is 25.4 Å². The van der Waals surface area contributed by atoms with Crippen molar-refractivity contribution in [1.82, 2.24) is 30.5 Å². The molecule has 3 heterocycles. The summed E-state index contributed by atoms with van der Waals surface area (Å²) in [6.07, 6.45) is 4.34. The lowest BCUT2D eigenvalue weighted by molar-refractivity contribution is 0.0953. The second kappa shape index (κ2) is 11.7. The van der Waals surface area contributed by atoms with Crippen molar-refractivity contribution in [1.29, 1.82) is 0 Å². The Labute approximate surface area is 196 Å². The van der Waals surface area contributed by atoms with Crippen molar-refractivity contribution in [3.8, 4) is 22.9 Å². The molecule has 10 heteroatoms. The zero-order valence-electron chi connectivity index (χ0n) is 19.6. The Kier molecular flexibility index (Phi) is 8.44. The second-order valence-electron chi connectivity index (χ2n) is 6.95. The molecule has 3 aromatic heterocycles. The Hall–Kier alpha value is -4.08. The Morgan fingerprint density at radius 2 is 1.94 bits per heavy atom. The highest BCUT2D eigenvalue weighted by Crippen LogP contribution is 2.31. The van der Waals surface area contributed by atoms with Gasteiger partial charge in [-0.1, -0.05) is 13.8 Å². The number of aryl methyl sites for hydroxylation is 1. The Morgan fingerprint density at radius 1 is 1.12 bits per heavy atom. The summed E-state index contributed by atoms with van der Waals surface area (Å²) < 4.78 is 24.5. The van der Waals surface area contributed by atoms with Crippen LogP contribution in [0.3, 0.4) is 0 Å². The van der Waals surface area contributed by atoms with E-state index in [0.717, 1.165) is 17.6 Å². The van der Waals surface area contributed by atoms with Crippen LogP contribution < -0.4 is 14.8 Å². The number of carbonyl (C=O) groups excluding carboxylic acids is 1. The average molecular weight is 467 g/mol. The average Bonchev–Trinajstić information content (AvgIpc) is 3.40.